The van der Waals surface area contributed by atoms with E-state index in [9.17, 15) is 14.4 Å². The Morgan fingerprint density at radius 1 is 1.04 bits per heavy atom. The summed E-state index contributed by atoms with van der Waals surface area (Å²) in [6.07, 6.45) is 2.26. The van der Waals surface area contributed by atoms with Gasteiger partial charge < -0.3 is 27.2 Å². The Morgan fingerprint density at radius 2 is 1.65 bits per heavy atom. The van der Waals surface area contributed by atoms with Crippen LogP contribution in [0.1, 0.15) is 46.5 Å². The van der Waals surface area contributed by atoms with Crippen LogP contribution in [-0.4, -0.2) is 47.6 Å². The number of carbonyl (C=O) groups excluding carboxylic acids is 2. The maximum atomic E-state index is 12.2. The van der Waals surface area contributed by atoms with Gasteiger partial charge in [-0.2, -0.15) is 0 Å². The van der Waals surface area contributed by atoms with Gasteiger partial charge in [0.2, 0.25) is 11.8 Å². The molecule has 3 atom stereocenters. The number of rotatable bonds is 11. The number of unbranched alkanes of at least 4 members (excludes halogenated alkanes) is 1. The first-order chi connectivity index (χ1) is 10.7. The summed E-state index contributed by atoms with van der Waals surface area (Å²) in [6, 6.07) is -2.54. The van der Waals surface area contributed by atoms with Crippen LogP contribution in [0.2, 0.25) is 0 Å². The third kappa shape index (κ3) is 9.14. The van der Waals surface area contributed by atoms with Crippen LogP contribution >= 0.6 is 0 Å². The number of nitrogens with one attached hydrogen (secondary N) is 2. The summed E-state index contributed by atoms with van der Waals surface area (Å²) < 4.78 is 0. The molecule has 0 aromatic rings. The maximum absolute atomic E-state index is 12.2. The topological polar surface area (TPSA) is 148 Å². The number of amides is 2. The van der Waals surface area contributed by atoms with E-state index < -0.39 is 35.9 Å². The molecular formula is C15H30N4O4. The molecule has 7 N–H and O–H groups in total. The summed E-state index contributed by atoms with van der Waals surface area (Å²) in [7, 11) is 0. The van der Waals surface area contributed by atoms with E-state index in [4.69, 9.17) is 16.6 Å². The summed E-state index contributed by atoms with van der Waals surface area (Å²) in [5.74, 6) is -1.81. The first-order valence-corrected chi connectivity index (χ1v) is 7.98. The van der Waals surface area contributed by atoms with Gasteiger partial charge in [-0.15, -0.1) is 0 Å². The molecule has 0 heterocycles. The minimum absolute atomic E-state index is 0.257. The zero-order valence-corrected chi connectivity index (χ0v) is 14.2. The van der Waals surface area contributed by atoms with Crippen LogP contribution in [-0.2, 0) is 14.4 Å². The van der Waals surface area contributed by atoms with Crippen molar-refractivity contribution in [2.24, 2.45) is 17.4 Å². The number of aliphatic carboxylic acids is 1. The van der Waals surface area contributed by atoms with Crippen molar-refractivity contribution < 1.29 is 19.5 Å². The molecule has 0 saturated carbocycles. The van der Waals surface area contributed by atoms with Gasteiger partial charge in [0, 0.05) is 0 Å². The van der Waals surface area contributed by atoms with E-state index in [0.717, 1.165) is 0 Å². The fourth-order valence-corrected chi connectivity index (χ4v) is 2.03. The van der Waals surface area contributed by atoms with E-state index >= 15 is 0 Å². The first kappa shape index (κ1) is 21.3. The molecular weight excluding hydrogens is 300 g/mol. The Labute approximate surface area is 137 Å². The molecule has 0 aliphatic rings. The summed E-state index contributed by atoms with van der Waals surface area (Å²) >= 11 is 0. The molecule has 0 aliphatic carbocycles. The summed E-state index contributed by atoms with van der Waals surface area (Å²) in [6.45, 7) is 5.75. The van der Waals surface area contributed by atoms with Crippen molar-refractivity contribution in [1.82, 2.24) is 10.6 Å². The first-order valence-electron chi connectivity index (χ1n) is 7.98. The molecule has 0 unspecified atom stereocenters. The van der Waals surface area contributed by atoms with Crippen molar-refractivity contribution in [3.63, 3.8) is 0 Å². The molecule has 0 radical (unpaired) electrons. The normalized spacial score (nSPS) is 14.9. The highest BCUT2D eigenvalue weighted by Crippen LogP contribution is 2.06. The summed E-state index contributed by atoms with van der Waals surface area (Å²) in [5.41, 5.74) is 11.2. The Kier molecular flexibility index (Phi) is 10.2. The quantitative estimate of drug-likeness (QED) is 0.324. The predicted molar refractivity (Wildman–Crippen MR) is 87.5 cm³/mol. The van der Waals surface area contributed by atoms with Crippen LogP contribution in [0.3, 0.4) is 0 Å². The Hall–Kier alpha value is -1.67. The molecule has 0 fully saturated rings. The van der Waals surface area contributed by atoms with Crippen LogP contribution in [0.25, 0.3) is 0 Å². The molecule has 8 nitrogen and oxygen atoms in total. The van der Waals surface area contributed by atoms with Crippen molar-refractivity contribution in [2.75, 3.05) is 6.54 Å². The van der Waals surface area contributed by atoms with E-state index in [1.54, 1.807) is 0 Å². The zero-order chi connectivity index (χ0) is 18.0. The SMILES string of the molecule is CC(C)C[C@H](N)C(=O)N[C@@H](CCCCN)C(=O)N[C@@H](C)C(=O)O. The van der Waals surface area contributed by atoms with E-state index in [2.05, 4.69) is 10.6 Å². The maximum Gasteiger partial charge on any atom is 0.325 e. The van der Waals surface area contributed by atoms with Crippen LogP contribution in [0.15, 0.2) is 0 Å². The summed E-state index contributed by atoms with van der Waals surface area (Å²) in [4.78, 5) is 35.1. The Bertz CT molecular complexity index is 401. The highest BCUT2D eigenvalue weighted by atomic mass is 16.4. The largest absolute Gasteiger partial charge is 0.480 e. The van der Waals surface area contributed by atoms with Gasteiger partial charge in [0.25, 0.3) is 0 Å². The number of nitrogens with two attached hydrogens (primary N) is 2. The van der Waals surface area contributed by atoms with Gasteiger partial charge >= 0.3 is 5.97 Å². The summed E-state index contributed by atoms with van der Waals surface area (Å²) in [5, 5.41) is 13.8. The van der Waals surface area contributed by atoms with Crippen LogP contribution in [0.4, 0.5) is 0 Å². The molecule has 0 aromatic carbocycles. The van der Waals surface area contributed by atoms with E-state index in [1.807, 2.05) is 13.8 Å². The van der Waals surface area contributed by atoms with Gasteiger partial charge in [0.1, 0.15) is 12.1 Å². The third-order valence-corrected chi connectivity index (χ3v) is 3.37. The van der Waals surface area contributed by atoms with Gasteiger partial charge in [-0.25, -0.2) is 0 Å². The highest BCUT2D eigenvalue weighted by Gasteiger charge is 2.26. The van der Waals surface area contributed by atoms with Crippen molar-refractivity contribution in [3.8, 4) is 0 Å². The molecule has 0 aliphatic heterocycles. The lowest BCUT2D eigenvalue weighted by atomic mass is 10.0. The second kappa shape index (κ2) is 11.0. The molecule has 0 spiro atoms. The van der Waals surface area contributed by atoms with Gasteiger partial charge in [-0.05, 0) is 45.1 Å². The minimum Gasteiger partial charge on any atom is -0.480 e. The van der Waals surface area contributed by atoms with Crippen LogP contribution < -0.4 is 22.1 Å². The van der Waals surface area contributed by atoms with E-state index in [1.165, 1.54) is 6.92 Å². The smallest absolute Gasteiger partial charge is 0.325 e. The number of hydrogen-bond donors (Lipinski definition) is 5. The lowest BCUT2D eigenvalue weighted by Crippen LogP contribution is -2.54. The molecule has 0 rings (SSSR count). The minimum atomic E-state index is -1.14. The number of carboxylic acid groups (broad SMARTS) is 1. The average molecular weight is 330 g/mol. The fourth-order valence-electron chi connectivity index (χ4n) is 2.03. The molecule has 0 bridgehead atoms. The predicted octanol–water partition coefficient (Wildman–Crippen LogP) is -0.437. The molecule has 0 saturated heterocycles. The lowest BCUT2D eigenvalue weighted by Gasteiger charge is -2.22. The van der Waals surface area contributed by atoms with Crippen molar-refractivity contribution in [3.05, 3.63) is 0 Å². The molecule has 8 heteroatoms. The molecule has 2 amide bonds. The van der Waals surface area contributed by atoms with Gasteiger partial charge in [0.15, 0.2) is 0 Å². The van der Waals surface area contributed by atoms with Gasteiger partial charge in [-0.1, -0.05) is 13.8 Å². The Balaban J connectivity index is 4.75. The molecule has 23 heavy (non-hydrogen) atoms. The van der Waals surface area contributed by atoms with Crippen LogP contribution in [0.5, 0.6) is 0 Å². The average Bonchev–Trinajstić information content (AvgIpc) is 2.45. The van der Waals surface area contributed by atoms with Crippen molar-refractivity contribution in [2.45, 2.75) is 64.6 Å². The third-order valence-electron chi connectivity index (χ3n) is 3.37. The highest BCUT2D eigenvalue weighted by molar-refractivity contribution is 5.91. The van der Waals surface area contributed by atoms with Crippen LogP contribution in [0, 0.1) is 5.92 Å². The Morgan fingerprint density at radius 3 is 2.13 bits per heavy atom. The lowest BCUT2D eigenvalue weighted by molar-refractivity contribution is -0.141. The zero-order valence-electron chi connectivity index (χ0n) is 14.2. The number of carbonyl (C=O) groups is 3. The standard InChI is InChI=1S/C15H30N4O4/c1-9(2)8-11(17)13(20)19-12(6-4-5-7-16)14(21)18-10(3)15(22)23/h9-12H,4-8,16-17H2,1-3H3,(H,18,21)(H,19,20)(H,22,23)/t10-,11-,12-/m0/s1. The fraction of sp³-hybridized carbons (Fsp3) is 0.800. The molecule has 134 valence electrons. The monoisotopic (exact) mass is 330 g/mol. The molecule has 0 aromatic heterocycles. The number of carboxylic acids is 1. The van der Waals surface area contributed by atoms with E-state index in [0.29, 0.717) is 32.2 Å². The van der Waals surface area contributed by atoms with Gasteiger partial charge in [-0.3, -0.25) is 14.4 Å². The second-order valence-electron chi connectivity index (χ2n) is 6.15. The van der Waals surface area contributed by atoms with Gasteiger partial charge in [0.05, 0.1) is 6.04 Å². The van der Waals surface area contributed by atoms with E-state index in [-0.39, 0.29) is 5.92 Å². The van der Waals surface area contributed by atoms with Crippen molar-refractivity contribution >= 4 is 17.8 Å². The van der Waals surface area contributed by atoms with Crippen molar-refractivity contribution in [1.29, 1.82) is 0 Å². The second-order valence-corrected chi connectivity index (χ2v) is 6.15. The number of hydrogen-bond acceptors (Lipinski definition) is 5.